The van der Waals surface area contributed by atoms with Gasteiger partial charge in [-0.3, -0.25) is 0 Å². The number of benzene rings is 1. The normalized spacial score (nSPS) is 19.4. The van der Waals surface area contributed by atoms with Crippen molar-refractivity contribution in [3.8, 4) is 5.75 Å². The minimum Gasteiger partial charge on any atom is -0.433 e. The summed E-state index contributed by atoms with van der Waals surface area (Å²) >= 11 is 5.82. The van der Waals surface area contributed by atoms with E-state index < -0.39 is 16.6 Å². The summed E-state index contributed by atoms with van der Waals surface area (Å²) < 4.78 is 55.3. The molecule has 0 saturated carbocycles. The lowest BCUT2D eigenvalue weighted by molar-refractivity contribution is -0.0498. The van der Waals surface area contributed by atoms with Gasteiger partial charge in [-0.15, -0.1) is 12.4 Å². The van der Waals surface area contributed by atoms with Crippen LogP contribution in [0.4, 0.5) is 8.78 Å². The Hall–Kier alpha value is -0.670. The number of alkyl halides is 2. The molecule has 132 valence electrons. The van der Waals surface area contributed by atoms with Crippen LogP contribution in [0, 0.1) is 0 Å². The molecule has 1 atom stereocenters. The standard InChI is InChI=1S/C13H17ClF2N2O3S.ClH/c14-11-7-10(4-5-12(11)21-13(15)16)22(19,20)18-6-2-1-3-9(18)8-17;/h4-5,7,9,13H,1-3,6,8,17H2;1H. The average Bonchev–Trinajstić information content (AvgIpc) is 2.48. The molecule has 23 heavy (non-hydrogen) atoms. The predicted molar refractivity (Wildman–Crippen MR) is 85.9 cm³/mol. The zero-order valence-electron chi connectivity index (χ0n) is 12.1. The third kappa shape index (κ3) is 4.67. The van der Waals surface area contributed by atoms with Crippen LogP contribution in [0.25, 0.3) is 0 Å². The predicted octanol–water partition coefficient (Wildman–Crippen LogP) is 2.87. The van der Waals surface area contributed by atoms with Crippen LogP contribution >= 0.6 is 24.0 Å². The van der Waals surface area contributed by atoms with Crippen LogP contribution in [0.2, 0.25) is 5.02 Å². The van der Waals surface area contributed by atoms with Crippen molar-refractivity contribution in [1.82, 2.24) is 4.31 Å². The number of nitrogens with two attached hydrogens (primary N) is 1. The van der Waals surface area contributed by atoms with E-state index in [4.69, 9.17) is 17.3 Å². The van der Waals surface area contributed by atoms with Crippen LogP contribution in [0.3, 0.4) is 0 Å². The lowest BCUT2D eigenvalue weighted by atomic mass is 10.1. The first-order valence-electron chi connectivity index (χ1n) is 6.82. The molecule has 1 aromatic carbocycles. The lowest BCUT2D eigenvalue weighted by Gasteiger charge is -2.33. The highest BCUT2D eigenvalue weighted by molar-refractivity contribution is 7.89. The highest BCUT2D eigenvalue weighted by atomic mass is 35.5. The molecule has 1 aromatic rings. The van der Waals surface area contributed by atoms with Gasteiger partial charge in [0, 0.05) is 19.1 Å². The van der Waals surface area contributed by atoms with E-state index in [2.05, 4.69) is 4.74 Å². The van der Waals surface area contributed by atoms with Gasteiger partial charge in [0.2, 0.25) is 10.0 Å². The molecule has 1 saturated heterocycles. The van der Waals surface area contributed by atoms with Gasteiger partial charge in [-0.2, -0.15) is 13.1 Å². The van der Waals surface area contributed by atoms with Crippen molar-refractivity contribution in [1.29, 1.82) is 0 Å². The topological polar surface area (TPSA) is 72.6 Å². The Labute approximate surface area is 145 Å². The Morgan fingerprint density at radius 2 is 2.09 bits per heavy atom. The first-order chi connectivity index (χ1) is 10.4. The van der Waals surface area contributed by atoms with E-state index >= 15 is 0 Å². The third-order valence-corrected chi connectivity index (χ3v) is 5.81. The summed E-state index contributed by atoms with van der Waals surface area (Å²) in [6, 6.07) is 3.20. The van der Waals surface area contributed by atoms with Crippen molar-refractivity contribution >= 4 is 34.0 Å². The molecule has 10 heteroatoms. The molecule has 1 aliphatic rings. The Morgan fingerprint density at radius 1 is 1.39 bits per heavy atom. The van der Waals surface area contributed by atoms with E-state index in [0.29, 0.717) is 13.0 Å². The molecule has 2 rings (SSSR count). The van der Waals surface area contributed by atoms with Crippen molar-refractivity contribution in [2.45, 2.75) is 36.8 Å². The van der Waals surface area contributed by atoms with E-state index in [1.807, 2.05) is 0 Å². The van der Waals surface area contributed by atoms with E-state index in [0.717, 1.165) is 25.0 Å². The second-order valence-electron chi connectivity index (χ2n) is 4.97. The molecule has 1 unspecified atom stereocenters. The molecule has 2 N–H and O–H groups in total. The molecule has 5 nitrogen and oxygen atoms in total. The first-order valence-corrected chi connectivity index (χ1v) is 8.64. The number of sulfonamides is 1. The lowest BCUT2D eigenvalue weighted by Crippen LogP contribution is -2.47. The fourth-order valence-electron chi connectivity index (χ4n) is 2.49. The second kappa shape index (κ2) is 8.43. The Kier molecular flexibility index (Phi) is 7.47. The molecular formula is C13H18Cl2F2N2O3S. The molecule has 0 spiro atoms. The SMILES string of the molecule is Cl.NCC1CCCCN1S(=O)(=O)c1ccc(OC(F)F)c(Cl)c1. The number of nitrogens with zero attached hydrogens (tertiary/aromatic N) is 1. The summed E-state index contributed by atoms with van der Waals surface area (Å²) in [5, 5.41) is -0.178. The Balaban J connectivity index is 0.00000264. The molecule has 0 radical (unpaired) electrons. The number of halogens is 4. The molecule has 0 amide bonds. The maximum absolute atomic E-state index is 12.7. The van der Waals surface area contributed by atoms with Crippen molar-refractivity contribution in [2.24, 2.45) is 5.73 Å². The van der Waals surface area contributed by atoms with Gasteiger partial charge in [-0.1, -0.05) is 18.0 Å². The number of hydrogen-bond donors (Lipinski definition) is 1. The summed E-state index contributed by atoms with van der Waals surface area (Å²) in [5.41, 5.74) is 5.64. The summed E-state index contributed by atoms with van der Waals surface area (Å²) in [7, 11) is -3.77. The summed E-state index contributed by atoms with van der Waals surface area (Å²) in [6.45, 7) is -2.40. The van der Waals surface area contributed by atoms with Gasteiger partial charge in [0.1, 0.15) is 5.75 Å². The largest absolute Gasteiger partial charge is 0.433 e. The molecule has 0 bridgehead atoms. The Bertz CT molecular complexity index is 632. The fourth-order valence-corrected chi connectivity index (χ4v) is 4.52. The van der Waals surface area contributed by atoms with Crippen LogP contribution < -0.4 is 10.5 Å². The monoisotopic (exact) mass is 390 g/mol. The molecule has 1 aliphatic heterocycles. The minimum absolute atomic E-state index is 0. The average molecular weight is 391 g/mol. The van der Waals surface area contributed by atoms with Crippen LogP contribution in [-0.2, 0) is 10.0 Å². The zero-order valence-corrected chi connectivity index (χ0v) is 14.5. The highest BCUT2D eigenvalue weighted by Crippen LogP contribution is 2.31. The van der Waals surface area contributed by atoms with Crippen LogP contribution in [0.15, 0.2) is 23.1 Å². The van der Waals surface area contributed by atoms with Crippen molar-refractivity contribution < 1.29 is 21.9 Å². The molecular weight excluding hydrogens is 373 g/mol. The summed E-state index contributed by atoms with van der Waals surface area (Å²) in [4.78, 5) is -0.0560. The fraction of sp³-hybridized carbons (Fsp3) is 0.538. The molecule has 0 aliphatic carbocycles. The smallest absolute Gasteiger partial charge is 0.387 e. The van der Waals surface area contributed by atoms with E-state index in [-0.39, 0.29) is 40.7 Å². The van der Waals surface area contributed by atoms with Gasteiger partial charge in [0.25, 0.3) is 0 Å². The van der Waals surface area contributed by atoms with Gasteiger partial charge in [-0.25, -0.2) is 8.42 Å². The zero-order chi connectivity index (χ0) is 16.3. The van der Waals surface area contributed by atoms with Gasteiger partial charge in [-0.05, 0) is 31.0 Å². The number of hydrogen-bond acceptors (Lipinski definition) is 4. The summed E-state index contributed by atoms with van der Waals surface area (Å²) in [6.07, 6.45) is 2.39. The molecule has 1 fully saturated rings. The van der Waals surface area contributed by atoms with Gasteiger partial charge >= 0.3 is 6.61 Å². The van der Waals surface area contributed by atoms with E-state index in [1.54, 1.807) is 0 Å². The van der Waals surface area contributed by atoms with Crippen molar-refractivity contribution in [3.05, 3.63) is 23.2 Å². The minimum atomic E-state index is -3.77. The highest BCUT2D eigenvalue weighted by Gasteiger charge is 2.33. The van der Waals surface area contributed by atoms with Gasteiger partial charge in [0.05, 0.1) is 9.92 Å². The van der Waals surface area contributed by atoms with Gasteiger partial charge in [0.15, 0.2) is 0 Å². The number of piperidine rings is 1. The molecule has 0 aromatic heterocycles. The first kappa shape index (κ1) is 20.4. The van der Waals surface area contributed by atoms with Crippen LogP contribution in [0.1, 0.15) is 19.3 Å². The maximum Gasteiger partial charge on any atom is 0.387 e. The summed E-state index contributed by atoms with van der Waals surface area (Å²) in [5.74, 6) is -0.260. The van der Waals surface area contributed by atoms with Crippen molar-refractivity contribution in [2.75, 3.05) is 13.1 Å². The maximum atomic E-state index is 12.7. The van der Waals surface area contributed by atoms with Gasteiger partial charge < -0.3 is 10.5 Å². The number of ether oxygens (including phenoxy) is 1. The van der Waals surface area contributed by atoms with Crippen LogP contribution in [-0.4, -0.2) is 38.5 Å². The van der Waals surface area contributed by atoms with Crippen LogP contribution in [0.5, 0.6) is 5.75 Å². The second-order valence-corrected chi connectivity index (χ2v) is 7.27. The number of rotatable bonds is 5. The Morgan fingerprint density at radius 3 is 2.65 bits per heavy atom. The quantitative estimate of drug-likeness (QED) is 0.838. The van der Waals surface area contributed by atoms with Crippen molar-refractivity contribution in [3.63, 3.8) is 0 Å². The third-order valence-electron chi connectivity index (χ3n) is 3.57. The van der Waals surface area contributed by atoms with E-state index in [9.17, 15) is 17.2 Å². The van der Waals surface area contributed by atoms with E-state index in [1.165, 1.54) is 10.4 Å². The molecule has 1 heterocycles.